The number of amides is 1. The van der Waals surface area contributed by atoms with E-state index in [-0.39, 0.29) is 34.9 Å². The molecule has 11 heteroatoms. The summed E-state index contributed by atoms with van der Waals surface area (Å²) >= 11 is 0. The highest BCUT2D eigenvalue weighted by molar-refractivity contribution is 7.89. The number of sulfone groups is 1. The minimum absolute atomic E-state index is 0.0124. The Balaban J connectivity index is 1.75. The molecule has 3 rings (SSSR count). The summed E-state index contributed by atoms with van der Waals surface area (Å²) in [6.07, 6.45) is -3.40. The van der Waals surface area contributed by atoms with Crippen LogP contribution in [0.2, 0.25) is 0 Å². The van der Waals surface area contributed by atoms with Crippen LogP contribution in [0.5, 0.6) is 0 Å². The van der Waals surface area contributed by atoms with Crippen LogP contribution in [-0.4, -0.2) is 36.1 Å². The standard InChI is InChI=1S/C23H22F3N3O4S/c1-14-20(15(2)29(28-14)19-6-4-5-18(11-19)23(24,25)26)21(30)22(31)27-12-16-7-9-17(10-8-16)13-34(3,32)33/h4-11H,12-13H2,1-3H3,(H,27,31). The third kappa shape index (κ3) is 5.90. The van der Waals surface area contributed by atoms with Gasteiger partial charge in [-0.3, -0.25) is 9.59 Å². The Hall–Kier alpha value is -3.47. The zero-order chi connectivity index (χ0) is 25.3. The average Bonchev–Trinajstić information content (AvgIpc) is 3.04. The molecule has 0 aliphatic carbocycles. The van der Waals surface area contributed by atoms with Gasteiger partial charge in [0, 0.05) is 12.8 Å². The van der Waals surface area contributed by atoms with Gasteiger partial charge in [0.1, 0.15) is 0 Å². The van der Waals surface area contributed by atoms with Gasteiger partial charge < -0.3 is 5.32 Å². The Morgan fingerprint density at radius 1 is 1.03 bits per heavy atom. The van der Waals surface area contributed by atoms with E-state index in [4.69, 9.17) is 0 Å². The highest BCUT2D eigenvalue weighted by Gasteiger charge is 2.31. The number of Topliss-reactive ketones (excluding diaryl/α,β-unsaturated/α-hetero) is 1. The van der Waals surface area contributed by atoms with Crippen LogP contribution in [0.3, 0.4) is 0 Å². The number of rotatable bonds is 7. The van der Waals surface area contributed by atoms with Crippen LogP contribution in [0, 0.1) is 13.8 Å². The number of carbonyl (C=O) groups is 2. The summed E-state index contributed by atoms with van der Waals surface area (Å²) in [5, 5.41) is 6.67. The maximum Gasteiger partial charge on any atom is 0.416 e. The third-order valence-corrected chi connectivity index (χ3v) is 5.91. The van der Waals surface area contributed by atoms with E-state index in [1.54, 1.807) is 24.3 Å². The van der Waals surface area contributed by atoms with Crippen molar-refractivity contribution in [1.29, 1.82) is 0 Å². The van der Waals surface area contributed by atoms with Crippen LogP contribution in [0.4, 0.5) is 13.2 Å². The number of benzene rings is 2. The molecular formula is C23H22F3N3O4S. The summed E-state index contributed by atoms with van der Waals surface area (Å²) in [4.78, 5) is 25.3. The van der Waals surface area contributed by atoms with Crippen molar-refractivity contribution in [3.63, 3.8) is 0 Å². The molecule has 0 spiro atoms. The van der Waals surface area contributed by atoms with Crippen LogP contribution in [-0.2, 0) is 33.1 Å². The van der Waals surface area contributed by atoms with Gasteiger partial charge in [0.15, 0.2) is 9.84 Å². The van der Waals surface area contributed by atoms with Crippen molar-refractivity contribution in [3.05, 3.63) is 82.2 Å². The molecule has 0 aliphatic rings. The highest BCUT2D eigenvalue weighted by Crippen LogP contribution is 2.31. The van der Waals surface area contributed by atoms with Gasteiger partial charge in [-0.2, -0.15) is 18.3 Å². The lowest BCUT2D eigenvalue weighted by Crippen LogP contribution is -2.31. The first-order valence-corrected chi connectivity index (χ1v) is 12.1. The average molecular weight is 494 g/mol. The van der Waals surface area contributed by atoms with Crippen molar-refractivity contribution >= 4 is 21.5 Å². The maximum absolute atomic E-state index is 13.1. The Morgan fingerprint density at radius 2 is 1.65 bits per heavy atom. The second-order valence-electron chi connectivity index (χ2n) is 7.90. The molecule has 1 aromatic heterocycles. The van der Waals surface area contributed by atoms with Gasteiger partial charge in [-0.15, -0.1) is 0 Å². The van der Waals surface area contributed by atoms with E-state index >= 15 is 0 Å². The molecule has 7 nitrogen and oxygen atoms in total. The number of aromatic nitrogens is 2. The molecule has 0 saturated heterocycles. The lowest BCUT2D eigenvalue weighted by Gasteiger charge is -2.10. The van der Waals surface area contributed by atoms with Crippen LogP contribution >= 0.6 is 0 Å². The van der Waals surface area contributed by atoms with Crippen molar-refractivity contribution in [2.45, 2.75) is 32.3 Å². The second kappa shape index (κ2) is 9.41. The number of hydrogen-bond donors (Lipinski definition) is 1. The smallest absolute Gasteiger partial charge is 0.345 e. The molecule has 0 atom stereocenters. The number of hydrogen-bond acceptors (Lipinski definition) is 5. The summed E-state index contributed by atoms with van der Waals surface area (Å²) in [7, 11) is -3.17. The van der Waals surface area contributed by atoms with Gasteiger partial charge in [-0.05, 0) is 43.2 Å². The van der Waals surface area contributed by atoms with Gasteiger partial charge >= 0.3 is 6.18 Å². The molecule has 0 radical (unpaired) electrons. The van der Waals surface area contributed by atoms with Gasteiger partial charge in [0.05, 0.1) is 34.0 Å². The van der Waals surface area contributed by atoms with Crippen LogP contribution in [0.15, 0.2) is 48.5 Å². The molecule has 2 aromatic carbocycles. The zero-order valence-electron chi connectivity index (χ0n) is 18.6. The molecule has 1 heterocycles. The fourth-order valence-corrected chi connectivity index (χ4v) is 4.27. The molecule has 0 fully saturated rings. The Labute approximate surface area is 194 Å². The topological polar surface area (TPSA) is 98.1 Å². The van der Waals surface area contributed by atoms with Crippen LogP contribution < -0.4 is 5.32 Å². The third-order valence-electron chi connectivity index (χ3n) is 5.05. The largest absolute Gasteiger partial charge is 0.416 e. The highest BCUT2D eigenvalue weighted by atomic mass is 32.2. The maximum atomic E-state index is 13.1. The molecule has 0 aliphatic heterocycles. The number of aryl methyl sites for hydroxylation is 1. The minimum atomic E-state index is -4.53. The summed E-state index contributed by atoms with van der Waals surface area (Å²) in [6.45, 7) is 3.03. The van der Waals surface area contributed by atoms with E-state index in [2.05, 4.69) is 10.4 Å². The fraction of sp³-hybridized carbons (Fsp3) is 0.261. The Bertz CT molecular complexity index is 1340. The minimum Gasteiger partial charge on any atom is -0.345 e. The van der Waals surface area contributed by atoms with Crippen LogP contribution in [0.1, 0.15) is 38.4 Å². The van der Waals surface area contributed by atoms with E-state index in [1.807, 2.05) is 0 Å². The number of ketones is 1. The fourth-order valence-electron chi connectivity index (χ4n) is 3.47. The SMILES string of the molecule is Cc1nn(-c2cccc(C(F)(F)F)c2)c(C)c1C(=O)C(=O)NCc1ccc(CS(C)(=O)=O)cc1. The molecule has 0 unspecified atom stereocenters. The van der Waals surface area contributed by atoms with E-state index in [0.29, 0.717) is 11.1 Å². The van der Waals surface area contributed by atoms with E-state index < -0.39 is 33.3 Å². The summed E-state index contributed by atoms with van der Waals surface area (Å²) in [5.74, 6) is -1.86. The van der Waals surface area contributed by atoms with Crippen LogP contribution in [0.25, 0.3) is 5.69 Å². The summed E-state index contributed by atoms with van der Waals surface area (Å²) < 4.78 is 63.1. The Kier molecular flexibility index (Phi) is 6.97. The number of nitrogens with one attached hydrogen (secondary N) is 1. The lowest BCUT2D eigenvalue weighted by atomic mass is 10.1. The summed E-state index contributed by atoms with van der Waals surface area (Å²) in [6, 6.07) is 11.1. The van der Waals surface area contributed by atoms with Crippen molar-refractivity contribution in [2.24, 2.45) is 0 Å². The van der Waals surface area contributed by atoms with Gasteiger partial charge in [-0.25, -0.2) is 13.1 Å². The first-order valence-electron chi connectivity index (χ1n) is 10.1. The predicted molar refractivity (Wildman–Crippen MR) is 119 cm³/mol. The summed E-state index contributed by atoms with van der Waals surface area (Å²) in [5.41, 5.74) is 0.976. The number of alkyl halides is 3. The molecule has 34 heavy (non-hydrogen) atoms. The molecule has 180 valence electrons. The number of halogens is 3. The lowest BCUT2D eigenvalue weighted by molar-refractivity contribution is -0.137. The van der Waals surface area contributed by atoms with Gasteiger partial charge in [0.25, 0.3) is 11.7 Å². The molecule has 3 aromatic rings. The van der Waals surface area contributed by atoms with Crippen molar-refractivity contribution in [3.8, 4) is 5.69 Å². The van der Waals surface area contributed by atoms with E-state index in [0.717, 1.165) is 18.4 Å². The Morgan fingerprint density at radius 3 is 2.24 bits per heavy atom. The van der Waals surface area contributed by atoms with Crippen molar-refractivity contribution in [1.82, 2.24) is 15.1 Å². The molecule has 1 amide bonds. The van der Waals surface area contributed by atoms with E-state index in [1.165, 1.54) is 30.7 Å². The normalized spacial score (nSPS) is 11.9. The first-order chi connectivity index (χ1) is 15.8. The van der Waals surface area contributed by atoms with Crippen molar-refractivity contribution in [2.75, 3.05) is 6.26 Å². The predicted octanol–water partition coefficient (Wildman–Crippen LogP) is 3.55. The zero-order valence-corrected chi connectivity index (χ0v) is 19.4. The number of carbonyl (C=O) groups excluding carboxylic acids is 2. The monoisotopic (exact) mass is 493 g/mol. The van der Waals surface area contributed by atoms with E-state index in [9.17, 15) is 31.2 Å². The molecular weight excluding hydrogens is 471 g/mol. The second-order valence-corrected chi connectivity index (χ2v) is 10.0. The molecule has 1 N–H and O–H groups in total. The van der Waals surface area contributed by atoms with Crippen molar-refractivity contribution < 1.29 is 31.2 Å². The molecule has 0 bridgehead atoms. The first kappa shape index (κ1) is 25.2. The number of nitrogens with zero attached hydrogens (tertiary/aromatic N) is 2. The molecule has 0 saturated carbocycles. The van der Waals surface area contributed by atoms with Gasteiger partial charge in [0.2, 0.25) is 0 Å². The van der Waals surface area contributed by atoms with Gasteiger partial charge in [-0.1, -0.05) is 30.3 Å². The quantitative estimate of drug-likeness (QED) is 0.401.